The zero-order chi connectivity index (χ0) is 26.7. The summed E-state index contributed by atoms with van der Waals surface area (Å²) in [6.07, 6.45) is 9.58. The van der Waals surface area contributed by atoms with E-state index in [1.165, 1.54) is 43.9 Å². The standard InChI is InChI=1S/C35H28N4/c1-5-26-19-25-16-22(2)6-9-31(25)38(26)34-20-36-14-12-27(34)28-13-15-37-21-35(28)39-32-10-7-23(3)17-29(32)30-18-24(4)8-11-33(30)39/h5-21H,1H2,2-4H3. The minimum absolute atomic E-state index is 1.01. The van der Waals surface area contributed by atoms with Crippen LogP contribution < -0.4 is 0 Å². The Morgan fingerprint density at radius 3 is 1.67 bits per heavy atom. The van der Waals surface area contributed by atoms with E-state index in [4.69, 9.17) is 0 Å². The number of fused-ring (bicyclic) bond motifs is 4. The van der Waals surface area contributed by atoms with Crippen molar-refractivity contribution in [1.82, 2.24) is 19.1 Å². The van der Waals surface area contributed by atoms with E-state index in [0.717, 1.165) is 33.7 Å². The molecule has 0 aliphatic heterocycles. The van der Waals surface area contributed by atoms with Crippen LogP contribution >= 0.6 is 0 Å². The van der Waals surface area contributed by atoms with Crippen LogP contribution in [0.3, 0.4) is 0 Å². The van der Waals surface area contributed by atoms with Gasteiger partial charge in [-0.25, -0.2) is 0 Å². The first-order valence-corrected chi connectivity index (χ1v) is 13.2. The second-order valence-corrected chi connectivity index (χ2v) is 10.3. The molecule has 0 atom stereocenters. The van der Waals surface area contributed by atoms with Gasteiger partial charge in [0.1, 0.15) is 0 Å². The molecular weight excluding hydrogens is 476 g/mol. The summed E-state index contributed by atoms with van der Waals surface area (Å²) in [5, 5.41) is 3.68. The molecule has 4 aromatic heterocycles. The van der Waals surface area contributed by atoms with Gasteiger partial charge in [0.2, 0.25) is 0 Å². The lowest BCUT2D eigenvalue weighted by Crippen LogP contribution is -2.03. The maximum atomic E-state index is 4.60. The Balaban J connectivity index is 1.55. The molecule has 4 nitrogen and oxygen atoms in total. The van der Waals surface area contributed by atoms with Gasteiger partial charge in [-0.05, 0) is 81.4 Å². The lowest BCUT2D eigenvalue weighted by Gasteiger charge is -2.18. The van der Waals surface area contributed by atoms with E-state index in [1.807, 2.05) is 30.9 Å². The third-order valence-electron chi connectivity index (χ3n) is 7.64. The molecule has 4 heterocycles. The fraction of sp³-hybridized carbons (Fsp3) is 0.0857. The van der Waals surface area contributed by atoms with Gasteiger partial charge < -0.3 is 9.13 Å². The minimum atomic E-state index is 1.01. The van der Waals surface area contributed by atoms with Crippen molar-refractivity contribution < 1.29 is 0 Å². The molecule has 7 aromatic rings. The van der Waals surface area contributed by atoms with E-state index >= 15 is 0 Å². The molecule has 39 heavy (non-hydrogen) atoms. The summed E-state index contributed by atoms with van der Waals surface area (Å²) in [5.74, 6) is 0. The lowest BCUT2D eigenvalue weighted by atomic mass is 10.0. The number of rotatable bonds is 4. The molecule has 7 rings (SSSR count). The zero-order valence-corrected chi connectivity index (χ0v) is 22.3. The highest BCUT2D eigenvalue weighted by atomic mass is 15.0. The van der Waals surface area contributed by atoms with Crippen molar-refractivity contribution in [1.29, 1.82) is 0 Å². The molecule has 0 saturated heterocycles. The Labute approximate surface area is 227 Å². The summed E-state index contributed by atoms with van der Waals surface area (Å²) < 4.78 is 4.61. The van der Waals surface area contributed by atoms with Gasteiger partial charge in [0.15, 0.2) is 0 Å². The van der Waals surface area contributed by atoms with Crippen molar-refractivity contribution in [3.8, 4) is 22.5 Å². The molecule has 0 aliphatic rings. The SMILES string of the molecule is C=Cc1cc2cc(C)ccc2n1-c1cnccc1-c1ccncc1-n1c2ccc(C)cc2c2cc(C)ccc21. The Kier molecular flexibility index (Phi) is 5.24. The number of aryl methyl sites for hydroxylation is 3. The minimum Gasteiger partial charge on any atom is -0.308 e. The predicted molar refractivity (Wildman–Crippen MR) is 163 cm³/mol. The summed E-state index contributed by atoms with van der Waals surface area (Å²) in [7, 11) is 0. The van der Waals surface area contributed by atoms with E-state index in [-0.39, 0.29) is 0 Å². The molecule has 0 unspecified atom stereocenters. The molecule has 188 valence electrons. The summed E-state index contributed by atoms with van der Waals surface area (Å²) in [4.78, 5) is 9.16. The highest BCUT2D eigenvalue weighted by molar-refractivity contribution is 6.10. The van der Waals surface area contributed by atoms with Crippen LogP contribution in [0.2, 0.25) is 0 Å². The molecule has 0 spiro atoms. The monoisotopic (exact) mass is 504 g/mol. The molecule has 4 heteroatoms. The van der Waals surface area contributed by atoms with E-state index in [9.17, 15) is 0 Å². The topological polar surface area (TPSA) is 35.6 Å². The first-order chi connectivity index (χ1) is 19.0. The quantitative estimate of drug-likeness (QED) is 0.240. The third kappa shape index (κ3) is 3.60. The number of nitrogens with zero attached hydrogens (tertiary/aromatic N) is 4. The van der Waals surface area contributed by atoms with E-state index in [0.29, 0.717) is 0 Å². The lowest BCUT2D eigenvalue weighted by molar-refractivity contribution is 1.08. The Hall–Kier alpha value is -4.96. The molecule has 0 bridgehead atoms. The van der Waals surface area contributed by atoms with Crippen molar-refractivity contribution >= 4 is 38.8 Å². The predicted octanol–water partition coefficient (Wildman–Crippen LogP) is 8.75. The first-order valence-electron chi connectivity index (χ1n) is 13.2. The molecule has 3 aromatic carbocycles. The fourth-order valence-corrected chi connectivity index (χ4v) is 5.87. The van der Waals surface area contributed by atoms with E-state index < -0.39 is 0 Å². The molecule has 0 aliphatic carbocycles. The van der Waals surface area contributed by atoms with Crippen LogP contribution in [0, 0.1) is 20.8 Å². The van der Waals surface area contributed by atoms with Crippen LogP contribution in [0.1, 0.15) is 22.4 Å². The average molecular weight is 505 g/mol. The van der Waals surface area contributed by atoms with Gasteiger partial charge in [-0.1, -0.05) is 41.5 Å². The van der Waals surface area contributed by atoms with Crippen molar-refractivity contribution in [2.75, 3.05) is 0 Å². The van der Waals surface area contributed by atoms with Crippen molar-refractivity contribution in [2.24, 2.45) is 0 Å². The summed E-state index contributed by atoms with van der Waals surface area (Å²) in [6.45, 7) is 10.5. The Bertz CT molecular complexity index is 2010. The van der Waals surface area contributed by atoms with Crippen LogP contribution in [0.4, 0.5) is 0 Å². The number of hydrogen-bond acceptors (Lipinski definition) is 2. The molecule has 0 radical (unpaired) electrons. The number of pyridine rings is 2. The summed E-state index contributed by atoms with van der Waals surface area (Å²) in [5.41, 5.74) is 12.4. The maximum absolute atomic E-state index is 4.60. The Morgan fingerprint density at radius 1 is 0.590 bits per heavy atom. The van der Waals surface area contributed by atoms with Crippen molar-refractivity contribution in [3.63, 3.8) is 0 Å². The summed E-state index contributed by atoms with van der Waals surface area (Å²) in [6, 6.07) is 26.3. The largest absolute Gasteiger partial charge is 0.308 e. The molecular formula is C35H28N4. The molecule has 0 saturated carbocycles. The van der Waals surface area contributed by atoms with Crippen LogP contribution in [0.25, 0.3) is 61.3 Å². The highest BCUT2D eigenvalue weighted by Gasteiger charge is 2.19. The van der Waals surface area contributed by atoms with Gasteiger partial charge in [-0.2, -0.15) is 0 Å². The summed E-state index contributed by atoms with van der Waals surface area (Å²) >= 11 is 0. The van der Waals surface area contributed by atoms with Crippen LogP contribution in [0.15, 0.2) is 104 Å². The number of hydrogen-bond donors (Lipinski definition) is 0. The van der Waals surface area contributed by atoms with E-state index in [2.05, 4.69) is 119 Å². The third-order valence-corrected chi connectivity index (χ3v) is 7.64. The molecule has 0 amide bonds. The van der Waals surface area contributed by atoms with Crippen LogP contribution in [0.5, 0.6) is 0 Å². The maximum Gasteiger partial charge on any atom is 0.0724 e. The normalized spacial score (nSPS) is 11.6. The van der Waals surface area contributed by atoms with Crippen LogP contribution in [-0.4, -0.2) is 19.1 Å². The van der Waals surface area contributed by atoms with Crippen LogP contribution in [-0.2, 0) is 0 Å². The van der Waals surface area contributed by atoms with Gasteiger partial charge in [0.05, 0.1) is 40.3 Å². The average Bonchev–Trinajstić information content (AvgIpc) is 3.47. The smallest absolute Gasteiger partial charge is 0.0724 e. The first kappa shape index (κ1) is 23.2. The Morgan fingerprint density at radius 2 is 1.10 bits per heavy atom. The second kappa shape index (κ2) is 8.81. The second-order valence-electron chi connectivity index (χ2n) is 10.3. The highest BCUT2D eigenvalue weighted by Crippen LogP contribution is 2.39. The van der Waals surface area contributed by atoms with E-state index in [1.54, 1.807) is 0 Å². The van der Waals surface area contributed by atoms with Gasteiger partial charge in [0.25, 0.3) is 0 Å². The van der Waals surface area contributed by atoms with Crippen molar-refractivity contribution in [2.45, 2.75) is 20.8 Å². The zero-order valence-electron chi connectivity index (χ0n) is 22.3. The molecule has 0 N–H and O–H groups in total. The van der Waals surface area contributed by atoms with Crippen molar-refractivity contribution in [3.05, 3.63) is 127 Å². The fourth-order valence-electron chi connectivity index (χ4n) is 5.87. The van der Waals surface area contributed by atoms with Gasteiger partial charge in [0, 0.05) is 45.4 Å². The van der Waals surface area contributed by atoms with Gasteiger partial charge in [-0.15, -0.1) is 0 Å². The van der Waals surface area contributed by atoms with Gasteiger partial charge >= 0.3 is 0 Å². The number of benzene rings is 3. The number of aromatic nitrogens is 4. The molecule has 0 fully saturated rings. The van der Waals surface area contributed by atoms with Gasteiger partial charge in [-0.3, -0.25) is 9.97 Å².